The molecule has 2 atom stereocenters. The number of nitrogens with one attached hydrogen (secondary N) is 1. The van der Waals surface area contributed by atoms with Gasteiger partial charge in [-0.2, -0.15) is 0 Å². The van der Waals surface area contributed by atoms with Crippen molar-refractivity contribution < 1.29 is 14.3 Å². The van der Waals surface area contributed by atoms with Crippen molar-refractivity contribution >= 4 is 18.3 Å². The first-order valence-corrected chi connectivity index (χ1v) is 10.3. The number of carbonyl (C=O) groups excluding carboxylic acids is 1. The number of fused-ring (bicyclic) bond motifs is 1. The van der Waals surface area contributed by atoms with Crippen LogP contribution in [-0.2, 0) is 12.8 Å². The number of amides is 1. The fraction of sp³-hybridized carbons (Fsp3) is 0.478. The third-order valence-corrected chi connectivity index (χ3v) is 6.43. The Balaban J connectivity index is 0.00000256. The second kappa shape index (κ2) is 9.33. The van der Waals surface area contributed by atoms with Crippen LogP contribution in [0.4, 0.5) is 0 Å². The van der Waals surface area contributed by atoms with E-state index in [4.69, 9.17) is 4.42 Å². The van der Waals surface area contributed by atoms with Crippen LogP contribution in [0.2, 0.25) is 0 Å². The fourth-order valence-electron chi connectivity index (χ4n) is 4.72. The molecule has 1 aromatic carbocycles. The lowest BCUT2D eigenvalue weighted by atomic mass is 9.82. The van der Waals surface area contributed by atoms with E-state index in [1.165, 1.54) is 5.56 Å². The maximum Gasteiger partial charge on any atom is 0.349 e. The van der Waals surface area contributed by atoms with Crippen LogP contribution in [0.5, 0.6) is 0 Å². The van der Waals surface area contributed by atoms with Crippen molar-refractivity contribution in [3.8, 4) is 0 Å². The van der Waals surface area contributed by atoms with E-state index in [0.717, 1.165) is 19.4 Å². The molecule has 1 aromatic heterocycles. The average Bonchev–Trinajstić information content (AvgIpc) is 3.26. The van der Waals surface area contributed by atoms with Crippen molar-refractivity contribution in [1.29, 1.82) is 0 Å². The van der Waals surface area contributed by atoms with Crippen LogP contribution < -0.4 is 10.9 Å². The number of carbonyl (C=O) groups is 1. The standard InChI is InChI=1S/C23H28N2O4.ClH/c1-16-10-19(9-5-8-17-6-3-2-4-7-17)29-22(28)20(16)21(27)25-12-18-11-24-13-23(18,14-25)15-26;/h2-4,6-7,10,18,24,26H,5,8-9,11-15H2,1H3;1H/t18-,23+;/m0./s1. The highest BCUT2D eigenvalue weighted by atomic mass is 35.5. The lowest BCUT2D eigenvalue weighted by molar-refractivity contribution is 0.0740. The van der Waals surface area contributed by atoms with Gasteiger partial charge in [-0.05, 0) is 42.9 Å². The van der Waals surface area contributed by atoms with Crippen LogP contribution in [0.15, 0.2) is 45.6 Å². The molecule has 162 valence electrons. The molecule has 2 saturated heterocycles. The molecule has 0 bridgehead atoms. The normalized spacial score (nSPS) is 22.6. The molecule has 4 rings (SSSR count). The zero-order valence-electron chi connectivity index (χ0n) is 17.2. The highest BCUT2D eigenvalue weighted by molar-refractivity contribution is 5.95. The van der Waals surface area contributed by atoms with Crippen molar-refractivity contribution in [3.63, 3.8) is 0 Å². The van der Waals surface area contributed by atoms with E-state index in [0.29, 0.717) is 37.4 Å². The Hall–Kier alpha value is -2.15. The molecule has 0 unspecified atom stereocenters. The summed E-state index contributed by atoms with van der Waals surface area (Å²) in [5, 5.41) is 13.1. The Morgan fingerprint density at radius 1 is 1.30 bits per heavy atom. The van der Waals surface area contributed by atoms with Gasteiger partial charge in [-0.3, -0.25) is 4.79 Å². The van der Waals surface area contributed by atoms with Gasteiger partial charge in [0.15, 0.2) is 0 Å². The largest absolute Gasteiger partial charge is 0.427 e. The Morgan fingerprint density at radius 2 is 2.07 bits per heavy atom. The summed E-state index contributed by atoms with van der Waals surface area (Å²) in [5.41, 5.74) is 1.19. The molecule has 3 heterocycles. The summed E-state index contributed by atoms with van der Waals surface area (Å²) >= 11 is 0. The van der Waals surface area contributed by atoms with Crippen LogP contribution >= 0.6 is 12.4 Å². The lowest BCUT2D eigenvalue weighted by Crippen LogP contribution is -2.39. The van der Waals surface area contributed by atoms with Crippen molar-refractivity contribution in [3.05, 3.63) is 69.3 Å². The predicted molar refractivity (Wildman–Crippen MR) is 117 cm³/mol. The SMILES string of the molecule is Cc1cc(CCCc2ccccc2)oc(=O)c1C(=O)N1C[C@@H]2CNC[C@]2(CO)C1.Cl. The maximum absolute atomic E-state index is 13.1. The van der Waals surface area contributed by atoms with Crippen molar-refractivity contribution in [2.75, 3.05) is 32.8 Å². The summed E-state index contributed by atoms with van der Waals surface area (Å²) < 4.78 is 5.49. The highest BCUT2D eigenvalue weighted by Crippen LogP contribution is 2.38. The molecule has 2 aromatic rings. The zero-order chi connectivity index (χ0) is 20.4. The highest BCUT2D eigenvalue weighted by Gasteiger charge is 2.50. The summed E-state index contributed by atoms with van der Waals surface area (Å²) in [6.45, 7) is 4.36. The van der Waals surface area contributed by atoms with Crippen LogP contribution in [0.25, 0.3) is 0 Å². The van der Waals surface area contributed by atoms with Crippen LogP contribution in [0.3, 0.4) is 0 Å². The molecule has 2 fully saturated rings. The number of likely N-dealkylation sites (tertiary alicyclic amines) is 1. The molecule has 0 radical (unpaired) electrons. The van der Waals surface area contributed by atoms with Crippen LogP contribution in [-0.4, -0.2) is 48.7 Å². The van der Waals surface area contributed by atoms with Crippen LogP contribution in [0.1, 0.15) is 33.7 Å². The lowest BCUT2D eigenvalue weighted by Gasteiger charge is -2.25. The molecular formula is C23H29ClN2O4. The first-order chi connectivity index (χ1) is 14.0. The molecule has 7 heteroatoms. The molecule has 0 saturated carbocycles. The summed E-state index contributed by atoms with van der Waals surface area (Å²) in [6.07, 6.45) is 2.45. The van der Waals surface area contributed by atoms with Gasteiger partial charge in [-0.25, -0.2) is 4.79 Å². The van der Waals surface area contributed by atoms with Gasteiger partial charge in [0, 0.05) is 38.0 Å². The minimum atomic E-state index is -0.557. The zero-order valence-corrected chi connectivity index (χ0v) is 18.0. The van der Waals surface area contributed by atoms with Gasteiger partial charge < -0.3 is 19.7 Å². The number of nitrogens with zero attached hydrogens (tertiary/aromatic N) is 1. The Morgan fingerprint density at radius 3 is 2.73 bits per heavy atom. The second-order valence-corrected chi connectivity index (χ2v) is 8.43. The van der Waals surface area contributed by atoms with E-state index in [1.807, 2.05) is 24.3 Å². The Kier molecular flexibility index (Phi) is 7.01. The topological polar surface area (TPSA) is 82.8 Å². The summed E-state index contributed by atoms with van der Waals surface area (Å²) in [5.74, 6) is 0.560. The summed E-state index contributed by atoms with van der Waals surface area (Å²) in [4.78, 5) is 27.4. The minimum absolute atomic E-state index is 0. The third kappa shape index (κ3) is 4.31. The molecule has 2 aliphatic rings. The molecule has 1 amide bonds. The number of benzene rings is 1. The van der Waals surface area contributed by atoms with Gasteiger partial charge in [-0.15, -0.1) is 12.4 Å². The smallest absolute Gasteiger partial charge is 0.349 e. The number of rotatable bonds is 6. The average molecular weight is 433 g/mol. The molecule has 2 N–H and O–H groups in total. The predicted octanol–water partition coefficient (Wildman–Crippen LogP) is 2.20. The van der Waals surface area contributed by atoms with E-state index in [-0.39, 0.29) is 41.8 Å². The van der Waals surface area contributed by atoms with Gasteiger partial charge in [-0.1, -0.05) is 30.3 Å². The molecule has 0 spiro atoms. The maximum atomic E-state index is 13.1. The van der Waals surface area contributed by atoms with E-state index >= 15 is 0 Å². The molecular weight excluding hydrogens is 404 g/mol. The van der Waals surface area contributed by atoms with Crippen molar-refractivity contribution in [2.24, 2.45) is 11.3 Å². The van der Waals surface area contributed by atoms with E-state index in [1.54, 1.807) is 11.8 Å². The molecule has 30 heavy (non-hydrogen) atoms. The number of aliphatic hydroxyl groups excluding tert-OH is 1. The molecule has 2 aliphatic heterocycles. The number of halogens is 1. The number of aliphatic hydroxyl groups is 1. The second-order valence-electron chi connectivity index (χ2n) is 8.43. The van der Waals surface area contributed by atoms with Gasteiger partial charge in [0.1, 0.15) is 11.3 Å². The van der Waals surface area contributed by atoms with E-state index in [9.17, 15) is 14.7 Å². The van der Waals surface area contributed by atoms with Gasteiger partial charge >= 0.3 is 5.63 Å². The Bertz CT molecular complexity index is 946. The fourth-order valence-corrected chi connectivity index (χ4v) is 4.72. The van der Waals surface area contributed by atoms with Gasteiger partial charge in [0.05, 0.1) is 6.61 Å². The van der Waals surface area contributed by atoms with Crippen LogP contribution in [0, 0.1) is 18.3 Å². The monoisotopic (exact) mass is 432 g/mol. The summed E-state index contributed by atoms with van der Waals surface area (Å²) in [7, 11) is 0. The number of hydrogen-bond donors (Lipinski definition) is 2. The molecule has 0 aliphatic carbocycles. The van der Waals surface area contributed by atoms with Gasteiger partial charge in [0.2, 0.25) is 0 Å². The van der Waals surface area contributed by atoms with Gasteiger partial charge in [0.25, 0.3) is 5.91 Å². The van der Waals surface area contributed by atoms with Crippen molar-refractivity contribution in [1.82, 2.24) is 10.2 Å². The summed E-state index contributed by atoms with van der Waals surface area (Å²) in [6, 6.07) is 12.0. The first kappa shape index (κ1) is 22.5. The van der Waals surface area contributed by atoms with Crippen molar-refractivity contribution in [2.45, 2.75) is 26.2 Å². The minimum Gasteiger partial charge on any atom is -0.427 e. The third-order valence-electron chi connectivity index (χ3n) is 6.43. The first-order valence-electron chi connectivity index (χ1n) is 10.3. The number of hydrogen-bond acceptors (Lipinski definition) is 5. The van der Waals surface area contributed by atoms with E-state index < -0.39 is 5.63 Å². The Labute approximate surface area is 182 Å². The quantitative estimate of drug-likeness (QED) is 0.731. The van der Waals surface area contributed by atoms with E-state index in [2.05, 4.69) is 17.4 Å². The molecule has 6 nitrogen and oxygen atoms in total. The number of aryl methyl sites for hydroxylation is 3.